The van der Waals surface area contributed by atoms with Crippen molar-refractivity contribution in [2.24, 2.45) is 5.92 Å². The minimum atomic E-state index is -2.96. The van der Waals surface area contributed by atoms with Crippen molar-refractivity contribution in [1.29, 1.82) is 0 Å². The molecule has 9 heteroatoms. The highest BCUT2D eigenvalue weighted by Crippen LogP contribution is 2.42. The van der Waals surface area contributed by atoms with E-state index in [0.29, 0.717) is 19.6 Å². The lowest BCUT2D eigenvalue weighted by atomic mass is 10.0. The first-order valence-corrected chi connectivity index (χ1v) is 17.1. The Labute approximate surface area is 231 Å². The second-order valence-electron chi connectivity index (χ2n) is 10.9. The molecule has 0 aliphatic rings. The van der Waals surface area contributed by atoms with Crippen LogP contribution in [0.15, 0.2) is 23.3 Å². The van der Waals surface area contributed by atoms with Crippen molar-refractivity contribution in [2.75, 3.05) is 39.4 Å². The average molecular weight is 559 g/mol. The quantitative estimate of drug-likeness (QED) is 0.101. The Bertz CT molecular complexity index is 788. The number of nitrogens with zero attached hydrogens (tertiary/aromatic N) is 2. The Hall–Kier alpha value is -1.05. The molecule has 0 aliphatic heterocycles. The summed E-state index contributed by atoms with van der Waals surface area (Å²) < 4.78 is 30.7. The van der Waals surface area contributed by atoms with Crippen molar-refractivity contribution in [3.05, 3.63) is 28.9 Å². The van der Waals surface area contributed by atoms with Crippen molar-refractivity contribution in [2.45, 2.75) is 116 Å². The molecule has 2 unspecified atom stereocenters. The van der Waals surface area contributed by atoms with Gasteiger partial charge in [-0.2, -0.15) is 0 Å². The van der Waals surface area contributed by atoms with Gasteiger partial charge in [0.05, 0.1) is 25.9 Å². The first kappa shape index (κ1) is 35.0. The predicted octanol–water partition coefficient (Wildman–Crippen LogP) is 6.64. The van der Waals surface area contributed by atoms with Gasteiger partial charge in [-0.1, -0.05) is 90.9 Å². The molecule has 8 nitrogen and oxygen atoms in total. The summed E-state index contributed by atoms with van der Waals surface area (Å²) in [6.45, 7) is 7.66. The van der Waals surface area contributed by atoms with Crippen LogP contribution in [0.1, 0.15) is 104 Å². The number of hydrogen-bond acceptors (Lipinski definition) is 7. The second-order valence-corrected chi connectivity index (χ2v) is 13.4. The maximum absolute atomic E-state index is 12.6. The fourth-order valence-electron chi connectivity index (χ4n) is 4.23. The molecule has 1 N–H and O–H groups in total. The molecule has 0 amide bonds. The Balaban J connectivity index is 1.90. The van der Waals surface area contributed by atoms with Crippen molar-refractivity contribution < 1.29 is 23.7 Å². The highest BCUT2D eigenvalue weighted by atomic mass is 31.2. The number of aliphatic hydroxyl groups is 1. The third kappa shape index (κ3) is 19.9. The summed E-state index contributed by atoms with van der Waals surface area (Å²) in [6, 6.07) is 1.63. The van der Waals surface area contributed by atoms with Gasteiger partial charge in [-0.15, -0.1) is 0 Å². The van der Waals surface area contributed by atoms with E-state index in [1.54, 1.807) is 12.3 Å². The maximum atomic E-state index is 12.6. The van der Waals surface area contributed by atoms with Gasteiger partial charge >= 0.3 is 5.69 Å². The smallest absolute Gasteiger partial charge is 0.347 e. The van der Waals surface area contributed by atoms with E-state index < -0.39 is 19.2 Å². The SMILES string of the molecule is CC(C)CCCCCCCCCCCCCCOCCCOP(C)(=O)COC(CO)Cn1cccnc1=O. The maximum Gasteiger partial charge on any atom is 0.347 e. The molecule has 1 heterocycles. The summed E-state index contributed by atoms with van der Waals surface area (Å²) in [5, 5.41) is 9.52. The molecule has 0 aliphatic carbocycles. The molecule has 222 valence electrons. The fourth-order valence-corrected chi connectivity index (χ4v) is 5.30. The van der Waals surface area contributed by atoms with Crippen LogP contribution in [-0.4, -0.2) is 60.2 Å². The van der Waals surface area contributed by atoms with Crippen molar-refractivity contribution in [3.63, 3.8) is 0 Å². The van der Waals surface area contributed by atoms with E-state index in [2.05, 4.69) is 18.8 Å². The van der Waals surface area contributed by atoms with Gasteiger partial charge in [-0.25, -0.2) is 9.78 Å². The summed E-state index contributed by atoms with van der Waals surface area (Å²) in [5.41, 5.74) is -0.422. The third-order valence-electron chi connectivity index (χ3n) is 6.55. The molecule has 0 saturated heterocycles. The van der Waals surface area contributed by atoms with Gasteiger partial charge in [-0.3, -0.25) is 9.13 Å². The number of rotatable bonds is 26. The Morgan fingerprint density at radius 1 is 0.895 bits per heavy atom. The molecule has 38 heavy (non-hydrogen) atoms. The molecule has 1 rings (SSSR count). The molecule has 0 aromatic carbocycles. The van der Waals surface area contributed by atoms with Gasteiger partial charge in [0.1, 0.15) is 6.35 Å². The Morgan fingerprint density at radius 3 is 2.05 bits per heavy atom. The topological polar surface area (TPSA) is 99.9 Å². The lowest BCUT2D eigenvalue weighted by Gasteiger charge is -2.20. The summed E-state index contributed by atoms with van der Waals surface area (Å²) in [6.07, 6.45) is 20.3. The highest BCUT2D eigenvalue weighted by Gasteiger charge is 2.20. The molecule has 2 atom stereocenters. The Kier molecular flexibility index (Phi) is 20.9. The van der Waals surface area contributed by atoms with Crippen LogP contribution in [0.4, 0.5) is 0 Å². The summed E-state index contributed by atoms with van der Waals surface area (Å²) >= 11 is 0. The number of aromatic nitrogens is 2. The zero-order valence-electron chi connectivity index (χ0n) is 24.4. The zero-order valence-corrected chi connectivity index (χ0v) is 25.3. The third-order valence-corrected chi connectivity index (χ3v) is 7.90. The highest BCUT2D eigenvalue weighted by molar-refractivity contribution is 7.57. The van der Waals surface area contributed by atoms with Gasteiger partial charge in [0.25, 0.3) is 0 Å². The van der Waals surface area contributed by atoms with Crippen LogP contribution < -0.4 is 5.69 Å². The van der Waals surface area contributed by atoms with E-state index >= 15 is 0 Å². The standard InChI is InChI=1S/C29H55N2O6P/c1-27(2)18-14-12-10-8-6-4-5-7-9-11-13-15-21-35-22-17-23-37-38(3,34)26-36-28(25-32)24-31-20-16-19-30-29(31)33/h16,19-20,27-28,32H,4-15,17-18,21-26H2,1-3H3. The minimum Gasteiger partial charge on any atom is -0.394 e. The van der Waals surface area contributed by atoms with Crippen LogP contribution >= 0.6 is 7.37 Å². The van der Waals surface area contributed by atoms with Crippen LogP contribution in [0.25, 0.3) is 0 Å². The van der Waals surface area contributed by atoms with Crippen LogP contribution in [0.5, 0.6) is 0 Å². The van der Waals surface area contributed by atoms with Gasteiger partial charge in [-0.05, 0) is 24.8 Å². The molecule has 0 spiro atoms. The summed E-state index contributed by atoms with van der Waals surface area (Å²) in [7, 11) is -2.96. The van der Waals surface area contributed by atoms with E-state index in [0.717, 1.165) is 18.9 Å². The molecule has 1 aromatic rings. The van der Waals surface area contributed by atoms with Gasteiger partial charge in [0.15, 0.2) is 0 Å². The van der Waals surface area contributed by atoms with E-state index in [1.165, 1.54) is 94.5 Å². The monoisotopic (exact) mass is 558 g/mol. The summed E-state index contributed by atoms with van der Waals surface area (Å²) in [4.78, 5) is 15.4. The van der Waals surface area contributed by atoms with Crippen LogP contribution in [0.3, 0.4) is 0 Å². The van der Waals surface area contributed by atoms with Gasteiger partial charge in [0.2, 0.25) is 7.37 Å². The first-order chi connectivity index (χ1) is 18.3. The second kappa shape index (κ2) is 22.7. The first-order valence-electron chi connectivity index (χ1n) is 14.9. The van der Waals surface area contributed by atoms with Crippen molar-refractivity contribution in [3.8, 4) is 0 Å². The van der Waals surface area contributed by atoms with Gasteiger partial charge < -0.3 is 19.1 Å². The van der Waals surface area contributed by atoms with E-state index in [-0.39, 0.29) is 19.5 Å². The van der Waals surface area contributed by atoms with Crippen LogP contribution in [0, 0.1) is 5.92 Å². The lowest BCUT2D eigenvalue weighted by molar-refractivity contribution is 0.0208. The fraction of sp³-hybridized carbons (Fsp3) is 0.862. The number of aliphatic hydroxyl groups excluding tert-OH is 1. The average Bonchev–Trinajstić information content (AvgIpc) is 2.88. The predicted molar refractivity (Wildman–Crippen MR) is 155 cm³/mol. The lowest BCUT2D eigenvalue weighted by Crippen LogP contribution is -2.31. The molecular formula is C29H55N2O6P. The Morgan fingerprint density at radius 2 is 1.47 bits per heavy atom. The molecular weight excluding hydrogens is 503 g/mol. The van der Waals surface area contributed by atoms with Crippen LogP contribution in [-0.2, 0) is 25.1 Å². The van der Waals surface area contributed by atoms with E-state index in [9.17, 15) is 14.5 Å². The number of ether oxygens (including phenoxy) is 2. The normalized spacial score (nSPS) is 14.1. The molecule has 0 fully saturated rings. The molecule has 0 bridgehead atoms. The number of unbranched alkanes of at least 4 members (excludes halogenated alkanes) is 11. The van der Waals surface area contributed by atoms with Crippen molar-refractivity contribution >= 4 is 7.37 Å². The molecule has 0 radical (unpaired) electrons. The number of hydrogen-bond donors (Lipinski definition) is 1. The molecule has 1 aromatic heterocycles. The largest absolute Gasteiger partial charge is 0.394 e. The van der Waals surface area contributed by atoms with E-state index in [1.807, 2.05) is 0 Å². The zero-order chi connectivity index (χ0) is 27.9. The van der Waals surface area contributed by atoms with Gasteiger partial charge in [0, 0.05) is 32.3 Å². The summed E-state index contributed by atoms with van der Waals surface area (Å²) in [5.74, 6) is 0.851. The van der Waals surface area contributed by atoms with Crippen molar-refractivity contribution in [1.82, 2.24) is 9.55 Å². The molecule has 0 saturated carbocycles. The van der Waals surface area contributed by atoms with Crippen LogP contribution in [0.2, 0.25) is 0 Å². The minimum absolute atomic E-state index is 0.119. The van der Waals surface area contributed by atoms with E-state index in [4.69, 9.17) is 14.0 Å².